The highest BCUT2D eigenvalue weighted by Gasteiger charge is 2.38. The molecule has 1 amide bonds. The largest absolute Gasteiger partial charge is 0.490 e. The van der Waals surface area contributed by atoms with Gasteiger partial charge in [0.25, 0.3) is 0 Å². The summed E-state index contributed by atoms with van der Waals surface area (Å²) in [6, 6.07) is 0.258. The standard InChI is InChI=1S/C8H16N2O2.C2HF3O2/c1-7(11)10(12-2)8-3-5-9-6-4-8;3-2(4,5)1(6)7/h8-9H,3-6H2,1-2H3;(H,6,7). The molecule has 2 N–H and O–H groups in total. The van der Waals surface area contributed by atoms with Crippen LogP contribution in [-0.4, -0.2) is 54.5 Å². The van der Waals surface area contributed by atoms with Gasteiger partial charge in [0.05, 0.1) is 13.2 Å². The summed E-state index contributed by atoms with van der Waals surface area (Å²) >= 11 is 0. The van der Waals surface area contributed by atoms with E-state index < -0.39 is 12.1 Å². The van der Waals surface area contributed by atoms with E-state index in [2.05, 4.69) is 5.32 Å². The molecule has 112 valence electrons. The summed E-state index contributed by atoms with van der Waals surface area (Å²) in [5, 5.41) is 11.8. The molecule has 1 rings (SSSR count). The summed E-state index contributed by atoms with van der Waals surface area (Å²) in [6.07, 6.45) is -3.12. The molecule has 1 aliphatic rings. The lowest BCUT2D eigenvalue weighted by atomic mass is 10.1. The van der Waals surface area contributed by atoms with Gasteiger partial charge in [-0.2, -0.15) is 13.2 Å². The first-order valence-electron chi connectivity index (χ1n) is 5.55. The lowest BCUT2D eigenvalue weighted by molar-refractivity contribution is -0.192. The SMILES string of the molecule is CON(C(C)=O)C1CCNCC1.O=C(O)C(F)(F)F. The van der Waals surface area contributed by atoms with Crippen LogP contribution >= 0.6 is 0 Å². The maximum absolute atomic E-state index is 11.1. The summed E-state index contributed by atoms with van der Waals surface area (Å²) in [7, 11) is 1.55. The Balaban J connectivity index is 0.000000399. The molecular weight excluding hydrogens is 269 g/mol. The molecule has 0 aliphatic carbocycles. The van der Waals surface area contributed by atoms with E-state index in [4.69, 9.17) is 14.7 Å². The van der Waals surface area contributed by atoms with Crippen LogP contribution in [-0.2, 0) is 14.4 Å². The van der Waals surface area contributed by atoms with Crippen molar-refractivity contribution in [2.45, 2.75) is 32.0 Å². The smallest absolute Gasteiger partial charge is 0.475 e. The molecule has 19 heavy (non-hydrogen) atoms. The predicted octanol–water partition coefficient (Wildman–Crippen LogP) is 0.782. The zero-order chi connectivity index (χ0) is 15.1. The van der Waals surface area contributed by atoms with Gasteiger partial charge >= 0.3 is 12.1 Å². The Morgan fingerprint density at radius 2 is 1.74 bits per heavy atom. The number of aliphatic carboxylic acids is 1. The molecule has 0 aromatic carbocycles. The number of rotatable bonds is 2. The summed E-state index contributed by atoms with van der Waals surface area (Å²) in [6.45, 7) is 3.47. The monoisotopic (exact) mass is 286 g/mol. The van der Waals surface area contributed by atoms with Crippen molar-refractivity contribution in [2.24, 2.45) is 0 Å². The zero-order valence-electron chi connectivity index (χ0n) is 10.7. The second kappa shape index (κ2) is 7.95. The maximum atomic E-state index is 11.1. The molecule has 0 unspecified atom stereocenters. The molecule has 1 fully saturated rings. The fourth-order valence-corrected chi connectivity index (χ4v) is 1.58. The Labute approximate surface area is 108 Å². The summed E-state index contributed by atoms with van der Waals surface area (Å²) in [5.74, 6) is -2.77. The van der Waals surface area contributed by atoms with E-state index in [0.29, 0.717) is 0 Å². The molecule has 0 bridgehead atoms. The van der Waals surface area contributed by atoms with E-state index >= 15 is 0 Å². The number of carboxylic acid groups (broad SMARTS) is 1. The van der Waals surface area contributed by atoms with Crippen LogP contribution in [0.4, 0.5) is 13.2 Å². The van der Waals surface area contributed by atoms with E-state index in [0.717, 1.165) is 25.9 Å². The zero-order valence-corrected chi connectivity index (χ0v) is 10.7. The molecule has 0 aromatic rings. The molecule has 0 aromatic heterocycles. The van der Waals surface area contributed by atoms with Gasteiger partial charge in [-0.05, 0) is 25.9 Å². The number of hydrogen-bond donors (Lipinski definition) is 2. The van der Waals surface area contributed by atoms with Crippen molar-refractivity contribution in [3.05, 3.63) is 0 Å². The highest BCUT2D eigenvalue weighted by atomic mass is 19.4. The number of alkyl halides is 3. The van der Waals surface area contributed by atoms with Gasteiger partial charge < -0.3 is 10.4 Å². The third kappa shape index (κ3) is 6.97. The van der Waals surface area contributed by atoms with E-state index in [1.165, 1.54) is 12.0 Å². The first kappa shape index (κ1) is 17.6. The molecule has 0 radical (unpaired) electrons. The van der Waals surface area contributed by atoms with Crippen molar-refractivity contribution in [1.82, 2.24) is 10.4 Å². The van der Waals surface area contributed by atoms with Crippen LogP contribution in [0.25, 0.3) is 0 Å². The number of carboxylic acids is 1. The Kier molecular flexibility index (Phi) is 7.38. The Hall–Kier alpha value is -1.35. The maximum Gasteiger partial charge on any atom is 0.490 e. The topological polar surface area (TPSA) is 78.9 Å². The summed E-state index contributed by atoms with van der Waals surface area (Å²) in [5.41, 5.74) is 0. The van der Waals surface area contributed by atoms with Crippen LogP contribution in [0.5, 0.6) is 0 Å². The van der Waals surface area contributed by atoms with Crippen LogP contribution in [0.2, 0.25) is 0 Å². The van der Waals surface area contributed by atoms with Crippen LogP contribution in [0, 0.1) is 0 Å². The van der Waals surface area contributed by atoms with E-state index in [1.54, 1.807) is 7.11 Å². The third-order valence-corrected chi connectivity index (χ3v) is 2.39. The number of carbonyl (C=O) groups excluding carboxylic acids is 1. The van der Waals surface area contributed by atoms with E-state index in [1.807, 2.05) is 0 Å². The number of carbonyl (C=O) groups is 2. The summed E-state index contributed by atoms with van der Waals surface area (Å²) < 4.78 is 31.7. The molecule has 1 aliphatic heterocycles. The number of hydrogen-bond acceptors (Lipinski definition) is 4. The van der Waals surface area contributed by atoms with Gasteiger partial charge in [0.1, 0.15) is 0 Å². The van der Waals surface area contributed by atoms with Crippen LogP contribution < -0.4 is 5.32 Å². The fourth-order valence-electron chi connectivity index (χ4n) is 1.58. The van der Waals surface area contributed by atoms with Crippen molar-refractivity contribution in [1.29, 1.82) is 0 Å². The molecule has 0 saturated carbocycles. The first-order valence-corrected chi connectivity index (χ1v) is 5.55. The van der Waals surface area contributed by atoms with Crippen molar-refractivity contribution in [3.8, 4) is 0 Å². The van der Waals surface area contributed by atoms with Gasteiger partial charge in [0.15, 0.2) is 0 Å². The van der Waals surface area contributed by atoms with Crippen molar-refractivity contribution in [2.75, 3.05) is 20.2 Å². The molecular formula is C10H17F3N2O4. The average molecular weight is 286 g/mol. The van der Waals surface area contributed by atoms with Gasteiger partial charge in [0, 0.05) is 6.92 Å². The number of nitrogens with one attached hydrogen (secondary N) is 1. The van der Waals surface area contributed by atoms with Gasteiger partial charge in [0.2, 0.25) is 5.91 Å². The summed E-state index contributed by atoms with van der Waals surface area (Å²) in [4.78, 5) is 25.0. The molecule has 1 heterocycles. The molecule has 9 heteroatoms. The molecule has 0 spiro atoms. The second-order valence-electron chi connectivity index (χ2n) is 3.81. The molecule has 0 atom stereocenters. The average Bonchev–Trinajstić information content (AvgIpc) is 2.30. The minimum atomic E-state index is -5.08. The van der Waals surface area contributed by atoms with Gasteiger partial charge in [-0.15, -0.1) is 0 Å². The quantitative estimate of drug-likeness (QED) is 0.733. The number of piperidine rings is 1. The number of nitrogens with zero attached hydrogens (tertiary/aromatic N) is 1. The minimum Gasteiger partial charge on any atom is -0.475 e. The molecule has 1 saturated heterocycles. The highest BCUT2D eigenvalue weighted by Crippen LogP contribution is 2.13. The van der Waals surface area contributed by atoms with Crippen LogP contribution in [0.15, 0.2) is 0 Å². The second-order valence-corrected chi connectivity index (χ2v) is 3.81. The number of halogens is 3. The first-order chi connectivity index (χ1) is 8.70. The van der Waals surface area contributed by atoms with E-state index in [-0.39, 0.29) is 11.9 Å². The van der Waals surface area contributed by atoms with Crippen molar-refractivity contribution in [3.63, 3.8) is 0 Å². The van der Waals surface area contributed by atoms with Gasteiger partial charge in [-0.25, -0.2) is 9.86 Å². The lowest BCUT2D eigenvalue weighted by Gasteiger charge is -2.31. The molecule has 6 nitrogen and oxygen atoms in total. The minimum absolute atomic E-state index is 0.00981. The predicted molar refractivity (Wildman–Crippen MR) is 59.1 cm³/mol. The highest BCUT2D eigenvalue weighted by molar-refractivity contribution is 5.73. The Bertz CT molecular complexity index is 304. The van der Waals surface area contributed by atoms with Gasteiger partial charge in [-0.1, -0.05) is 0 Å². The fraction of sp³-hybridized carbons (Fsp3) is 0.800. The number of amides is 1. The van der Waals surface area contributed by atoms with Crippen molar-refractivity contribution >= 4 is 11.9 Å². The Morgan fingerprint density at radius 1 is 1.32 bits per heavy atom. The number of hydroxylamine groups is 2. The van der Waals surface area contributed by atoms with Crippen molar-refractivity contribution < 1.29 is 32.7 Å². The van der Waals surface area contributed by atoms with Gasteiger partial charge in [-0.3, -0.25) is 9.63 Å². The normalized spacial score (nSPS) is 16.3. The third-order valence-electron chi connectivity index (χ3n) is 2.39. The lowest BCUT2D eigenvalue weighted by Crippen LogP contribution is -2.44. The Morgan fingerprint density at radius 3 is 2.00 bits per heavy atom. The van der Waals surface area contributed by atoms with Crippen LogP contribution in [0.1, 0.15) is 19.8 Å². The van der Waals surface area contributed by atoms with E-state index in [9.17, 15) is 18.0 Å². The van der Waals surface area contributed by atoms with Crippen LogP contribution in [0.3, 0.4) is 0 Å².